The van der Waals surface area contributed by atoms with Gasteiger partial charge in [-0.3, -0.25) is 4.79 Å². The summed E-state index contributed by atoms with van der Waals surface area (Å²) in [6.45, 7) is 6.14. The highest BCUT2D eigenvalue weighted by Crippen LogP contribution is 2.48. The number of hydrogen-bond donors (Lipinski definition) is 1. The van der Waals surface area contributed by atoms with Crippen molar-refractivity contribution >= 4 is 5.97 Å². The first-order valence-electron chi connectivity index (χ1n) is 6.50. The van der Waals surface area contributed by atoms with Crippen molar-refractivity contribution in [2.45, 2.75) is 45.6 Å². The Bertz CT molecular complexity index is 239. The van der Waals surface area contributed by atoms with Crippen LogP contribution in [0.5, 0.6) is 0 Å². The zero-order valence-corrected chi connectivity index (χ0v) is 11.3. The molecule has 1 atom stereocenters. The van der Waals surface area contributed by atoms with E-state index < -0.39 is 0 Å². The Morgan fingerprint density at radius 2 is 2.18 bits per heavy atom. The number of methoxy groups -OCH3 is 1. The summed E-state index contributed by atoms with van der Waals surface area (Å²) >= 11 is 0. The first kappa shape index (κ1) is 14.5. The van der Waals surface area contributed by atoms with Crippen LogP contribution >= 0.6 is 0 Å². The maximum Gasteiger partial charge on any atom is 0.307 e. The van der Waals surface area contributed by atoms with Crippen LogP contribution in [0.25, 0.3) is 0 Å². The van der Waals surface area contributed by atoms with Crippen LogP contribution in [0.4, 0.5) is 0 Å². The van der Waals surface area contributed by atoms with Gasteiger partial charge in [0.25, 0.3) is 0 Å². The molecule has 17 heavy (non-hydrogen) atoms. The molecule has 0 bridgehead atoms. The second kappa shape index (κ2) is 6.97. The van der Waals surface area contributed by atoms with Crippen molar-refractivity contribution in [3.05, 3.63) is 0 Å². The Labute approximate surface area is 104 Å². The fourth-order valence-corrected chi connectivity index (χ4v) is 1.94. The largest absolute Gasteiger partial charge is 0.466 e. The van der Waals surface area contributed by atoms with Gasteiger partial charge in [0, 0.05) is 26.3 Å². The predicted molar refractivity (Wildman–Crippen MR) is 66.9 cm³/mol. The lowest BCUT2D eigenvalue weighted by Gasteiger charge is -2.19. The van der Waals surface area contributed by atoms with E-state index >= 15 is 0 Å². The van der Waals surface area contributed by atoms with Gasteiger partial charge in [0.2, 0.25) is 0 Å². The van der Waals surface area contributed by atoms with Crippen LogP contribution in [0, 0.1) is 5.41 Å². The molecular weight excluding hydrogens is 218 g/mol. The van der Waals surface area contributed by atoms with Gasteiger partial charge in [-0.1, -0.05) is 0 Å². The number of ether oxygens (including phenoxy) is 2. The summed E-state index contributed by atoms with van der Waals surface area (Å²) in [6, 6.07) is 0.189. The summed E-state index contributed by atoms with van der Waals surface area (Å²) in [6.07, 6.45) is 4.11. The van der Waals surface area contributed by atoms with Crippen LogP contribution in [0.15, 0.2) is 0 Å². The molecule has 4 heteroatoms. The van der Waals surface area contributed by atoms with Crippen LogP contribution < -0.4 is 5.32 Å². The minimum absolute atomic E-state index is 0.116. The highest BCUT2D eigenvalue weighted by molar-refractivity contribution is 5.69. The summed E-state index contributed by atoms with van der Waals surface area (Å²) in [4.78, 5) is 11.3. The third-order valence-electron chi connectivity index (χ3n) is 3.40. The van der Waals surface area contributed by atoms with E-state index in [2.05, 4.69) is 5.32 Å². The zero-order chi connectivity index (χ0) is 12.7. The van der Waals surface area contributed by atoms with Gasteiger partial charge in [0.15, 0.2) is 0 Å². The molecule has 0 amide bonds. The first-order chi connectivity index (χ1) is 8.12. The molecule has 1 N–H and O–H groups in total. The van der Waals surface area contributed by atoms with Crippen molar-refractivity contribution in [3.8, 4) is 0 Å². The fraction of sp³-hybridized carbons (Fsp3) is 0.923. The topological polar surface area (TPSA) is 47.6 Å². The van der Waals surface area contributed by atoms with Gasteiger partial charge in [-0.25, -0.2) is 0 Å². The summed E-state index contributed by atoms with van der Waals surface area (Å²) in [7, 11) is 1.74. The number of rotatable bonds is 9. The number of carbonyl (C=O) groups is 1. The van der Waals surface area contributed by atoms with Crippen LogP contribution in [-0.2, 0) is 14.3 Å². The molecular formula is C13H25NO3. The van der Waals surface area contributed by atoms with E-state index in [0.29, 0.717) is 18.4 Å². The van der Waals surface area contributed by atoms with E-state index in [-0.39, 0.29) is 12.0 Å². The number of nitrogens with one attached hydrogen (secondary N) is 1. The van der Waals surface area contributed by atoms with Crippen molar-refractivity contribution in [2.75, 3.05) is 26.9 Å². The third-order valence-corrected chi connectivity index (χ3v) is 3.40. The number of esters is 1. The molecule has 1 fully saturated rings. The van der Waals surface area contributed by atoms with Gasteiger partial charge < -0.3 is 14.8 Å². The van der Waals surface area contributed by atoms with E-state index in [1.165, 1.54) is 12.8 Å². The van der Waals surface area contributed by atoms with Gasteiger partial charge in [0.1, 0.15) is 0 Å². The van der Waals surface area contributed by atoms with Gasteiger partial charge in [-0.05, 0) is 38.5 Å². The quantitative estimate of drug-likeness (QED) is 0.627. The summed E-state index contributed by atoms with van der Waals surface area (Å²) in [5.74, 6) is -0.116. The SMILES string of the molecule is CCOC(=O)CC(C)NCC1(CCOC)CC1. The molecule has 0 saturated heterocycles. The lowest BCUT2D eigenvalue weighted by molar-refractivity contribution is -0.143. The van der Waals surface area contributed by atoms with Crippen molar-refractivity contribution in [1.29, 1.82) is 0 Å². The minimum atomic E-state index is -0.116. The molecule has 0 radical (unpaired) electrons. The zero-order valence-electron chi connectivity index (χ0n) is 11.3. The van der Waals surface area contributed by atoms with Gasteiger partial charge in [-0.15, -0.1) is 0 Å². The van der Waals surface area contributed by atoms with Crippen LogP contribution in [-0.4, -0.2) is 38.9 Å². The maximum atomic E-state index is 11.3. The highest BCUT2D eigenvalue weighted by atomic mass is 16.5. The average molecular weight is 243 g/mol. The average Bonchev–Trinajstić information content (AvgIpc) is 3.05. The molecule has 1 rings (SSSR count). The molecule has 4 nitrogen and oxygen atoms in total. The van der Waals surface area contributed by atoms with Gasteiger partial charge in [0.05, 0.1) is 13.0 Å². The van der Waals surface area contributed by atoms with Crippen LogP contribution in [0.3, 0.4) is 0 Å². The van der Waals surface area contributed by atoms with Crippen LogP contribution in [0.1, 0.15) is 39.5 Å². The molecule has 100 valence electrons. The summed E-state index contributed by atoms with van der Waals surface area (Å²) < 4.78 is 10.0. The fourth-order valence-electron chi connectivity index (χ4n) is 1.94. The van der Waals surface area contributed by atoms with Gasteiger partial charge in [-0.2, -0.15) is 0 Å². The Balaban J connectivity index is 2.15. The second-order valence-electron chi connectivity index (χ2n) is 5.03. The Kier molecular flexibility index (Phi) is 5.92. The summed E-state index contributed by atoms with van der Waals surface area (Å²) in [5.41, 5.74) is 0.429. The molecule has 0 spiro atoms. The normalized spacial score (nSPS) is 18.8. The van der Waals surface area contributed by atoms with Crippen LogP contribution in [0.2, 0.25) is 0 Å². The smallest absolute Gasteiger partial charge is 0.307 e. The van der Waals surface area contributed by atoms with E-state index in [9.17, 15) is 4.79 Å². The summed E-state index contributed by atoms with van der Waals surface area (Å²) in [5, 5.41) is 3.43. The second-order valence-corrected chi connectivity index (χ2v) is 5.03. The Morgan fingerprint density at radius 3 is 2.71 bits per heavy atom. The molecule has 0 aromatic heterocycles. The predicted octanol–water partition coefficient (Wildman–Crippen LogP) is 1.73. The van der Waals surface area contributed by atoms with Crippen molar-refractivity contribution in [2.24, 2.45) is 5.41 Å². The lowest BCUT2D eigenvalue weighted by Crippen LogP contribution is -2.34. The minimum Gasteiger partial charge on any atom is -0.466 e. The standard InChI is InChI=1S/C13H25NO3/c1-4-17-12(15)9-11(2)14-10-13(5-6-13)7-8-16-3/h11,14H,4-10H2,1-3H3. The van der Waals surface area contributed by atoms with E-state index in [0.717, 1.165) is 19.6 Å². The van der Waals surface area contributed by atoms with Crippen molar-refractivity contribution in [3.63, 3.8) is 0 Å². The maximum absolute atomic E-state index is 11.3. The molecule has 0 aliphatic heterocycles. The highest BCUT2D eigenvalue weighted by Gasteiger charge is 2.41. The molecule has 1 aliphatic carbocycles. The van der Waals surface area contributed by atoms with E-state index in [1.807, 2.05) is 13.8 Å². The molecule has 1 aliphatic rings. The first-order valence-corrected chi connectivity index (χ1v) is 6.50. The molecule has 0 aromatic rings. The molecule has 1 unspecified atom stereocenters. The van der Waals surface area contributed by atoms with E-state index in [1.54, 1.807) is 7.11 Å². The van der Waals surface area contributed by atoms with E-state index in [4.69, 9.17) is 9.47 Å². The van der Waals surface area contributed by atoms with Crippen molar-refractivity contribution < 1.29 is 14.3 Å². The van der Waals surface area contributed by atoms with Gasteiger partial charge >= 0.3 is 5.97 Å². The molecule has 0 aromatic carbocycles. The Morgan fingerprint density at radius 1 is 1.47 bits per heavy atom. The lowest BCUT2D eigenvalue weighted by atomic mass is 10.0. The molecule has 1 saturated carbocycles. The molecule has 0 heterocycles. The third kappa shape index (κ3) is 5.50. The monoisotopic (exact) mass is 243 g/mol. The van der Waals surface area contributed by atoms with Crippen molar-refractivity contribution in [1.82, 2.24) is 5.32 Å². The number of hydrogen-bond acceptors (Lipinski definition) is 4. The Hall–Kier alpha value is -0.610. The number of carbonyl (C=O) groups excluding carboxylic acids is 1.